The van der Waals surface area contributed by atoms with Gasteiger partial charge in [-0.15, -0.1) is 0 Å². The molecule has 1 saturated carbocycles. The third kappa shape index (κ3) is 2.55. The first kappa shape index (κ1) is 12.4. The Labute approximate surface area is 112 Å². The van der Waals surface area contributed by atoms with Crippen LogP contribution in [0.15, 0.2) is 18.3 Å². The van der Waals surface area contributed by atoms with E-state index in [0.717, 1.165) is 38.3 Å². The number of hydrogen-bond acceptors (Lipinski definition) is 3. The Hall–Kier alpha value is -1.65. The number of aromatic nitrogens is 1. The SMILES string of the molecule is CC1CN(c2ccc(F)cn2)CCN1C(=O)C1CC1. The molecule has 1 atom stereocenters. The van der Waals surface area contributed by atoms with E-state index in [4.69, 9.17) is 0 Å². The highest BCUT2D eigenvalue weighted by Gasteiger charge is 2.37. The van der Waals surface area contributed by atoms with E-state index < -0.39 is 0 Å². The minimum absolute atomic E-state index is 0.189. The van der Waals surface area contributed by atoms with Gasteiger partial charge in [0.25, 0.3) is 0 Å². The summed E-state index contributed by atoms with van der Waals surface area (Å²) in [6, 6.07) is 3.31. The summed E-state index contributed by atoms with van der Waals surface area (Å²) in [6.45, 7) is 4.32. The summed E-state index contributed by atoms with van der Waals surface area (Å²) >= 11 is 0. The van der Waals surface area contributed by atoms with Crippen molar-refractivity contribution in [2.24, 2.45) is 5.92 Å². The van der Waals surface area contributed by atoms with Crippen molar-refractivity contribution in [1.29, 1.82) is 0 Å². The van der Waals surface area contributed by atoms with Crippen LogP contribution in [0.4, 0.5) is 10.2 Å². The molecule has 0 aromatic carbocycles. The molecule has 19 heavy (non-hydrogen) atoms. The zero-order chi connectivity index (χ0) is 13.4. The summed E-state index contributed by atoms with van der Waals surface area (Å²) in [4.78, 5) is 20.3. The molecule has 1 unspecified atom stereocenters. The molecule has 1 aliphatic carbocycles. The van der Waals surface area contributed by atoms with Crippen molar-refractivity contribution < 1.29 is 9.18 Å². The minimum atomic E-state index is -0.320. The second-order valence-corrected chi connectivity index (χ2v) is 5.44. The number of halogens is 1. The van der Waals surface area contributed by atoms with Crippen LogP contribution >= 0.6 is 0 Å². The van der Waals surface area contributed by atoms with Crippen molar-refractivity contribution in [3.63, 3.8) is 0 Å². The summed E-state index contributed by atoms with van der Waals surface area (Å²) in [5.74, 6) is 1.04. The average molecular weight is 263 g/mol. The lowest BCUT2D eigenvalue weighted by Crippen LogP contribution is -2.54. The molecule has 1 amide bonds. The van der Waals surface area contributed by atoms with E-state index in [1.807, 2.05) is 4.90 Å². The molecule has 0 bridgehead atoms. The number of carbonyl (C=O) groups excluding carboxylic acids is 1. The predicted octanol–water partition coefficient (Wildman–Crippen LogP) is 1.67. The lowest BCUT2D eigenvalue weighted by Gasteiger charge is -2.40. The van der Waals surface area contributed by atoms with Gasteiger partial charge in [0, 0.05) is 31.6 Å². The summed E-state index contributed by atoms with van der Waals surface area (Å²) < 4.78 is 12.9. The van der Waals surface area contributed by atoms with E-state index >= 15 is 0 Å². The van der Waals surface area contributed by atoms with Crippen molar-refractivity contribution in [1.82, 2.24) is 9.88 Å². The number of nitrogens with zero attached hydrogens (tertiary/aromatic N) is 3. The summed E-state index contributed by atoms with van der Waals surface area (Å²) in [6.07, 6.45) is 3.33. The van der Waals surface area contributed by atoms with E-state index in [2.05, 4.69) is 16.8 Å². The first-order chi connectivity index (χ1) is 9.15. The highest BCUT2D eigenvalue weighted by molar-refractivity contribution is 5.81. The molecule has 2 heterocycles. The highest BCUT2D eigenvalue weighted by atomic mass is 19.1. The first-order valence-electron chi connectivity index (χ1n) is 6.82. The van der Waals surface area contributed by atoms with Gasteiger partial charge in [-0.2, -0.15) is 0 Å². The van der Waals surface area contributed by atoms with Crippen LogP contribution in [0.2, 0.25) is 0 Å². The maximum absolute atomic E-state index is 12.9. The molecule has 2 aliphatic rings. The molecule has 1 aliphatic heterocycles. The molecule has 1 aromatic rings. The van der Waals surface area contributed by atoms with Crippen LogP contribution in [0.3, 0.4) is 0 Å². The minimum Gasteiger partial charge on any atom is -0.353 e. The number of amides is 1. The van der Waals surface area contributed by atoms with Gasteiger partial charge in [-0.05, 0) is 31.9 Å². The zero-order valence-corrected chi connectivity index (χ0v) is 11.1. The molecule has 0 N–H and O–H groups in total. The molecule has 4 nitrogen and oxygen atoms in total. The van der Waals surface area contributed by atoms with Gasteiger partial charge in [0.05, 0.1) is 6.20 Å². The molecular formula is C14H18FN3O. The van der Waals surface area contributed by atoms with Gasteiger partial charge in [-0.3, -0.25) is 4.79 Å². The molecule has 5 heteroatoms. The number of carbonyl (C=O) groups is 1. The Morgan fingerprint density at radius 1 is 1.37 bits per heavy atom. The Kier molecular flexibility index (Phi) is 3.12. The fourth-order valence-electron chi connectivity index (χ4n) is 2.61. The van der Waals surface area contributed by atoms with Crippen molar-refractivity contribution >= 4 is 11.7 Å². The third-order valence-electron chi connectivity index (χ3n) is 3.87. The first-order valence-corrected chi connectivity index (χ1v) is 6.82. The second kappa shape index (κ2) is 4.79. The summed E-state index contributed by atoms with van der Waals surface area (Å²) in [7, 11) is 0. The topological polar surface area (TPSA) is 36.4 Å². The van der Waals surface area contributed by atoms with Gasteiger partial charge >= 0.3 is 0 Å². The van der Waals surface area contributed by atoms with Gasteiger partial charge in [0.2, 0.25) is 5.91 Å². The molecule has 3 rings (SSSR count). The number of hydrogen-bond donors (Lipinski definition) is 0. The Morgan fingerprint density at radius 2 is 2.16 bits per heavy atom. The van der Waals surface area contributed by atoms with E-state index in [-0.39, 0.29) is 17.8 Å². The average Bonchev–Trinajstić information content (AvgIpc) is 3.23. The third-order valence-corrected chi connectivity index (χ3v) is 3.87. The Balaban J connectivity index is 1.66. The van der Waals surface area contributed by atoms with Gasteiger partial charge in [-0.25, -0.2) is 9.37 Å². The van der Waals surface area contributed by atoms with E-state index in [9.17, 15) is 9.18 Å². The number of piperazine rings is 1. The maximum Gasteiger partial charge on any atom is 0.226 e. The molecular weight excluding hydrogens is 245 g/mol. The standard InChI is InChI=1S/C14H18FN3O/c1-10-9-17(13-5-4-12(15)8-16-13)6-7-18(10)14(19)11-2-3-11/h4-5,8,10-11H,2-3,6-7,9H2,1H3. The van der Waals surface area contributed by atoms with E-state index in [0.29, 0.717) is 5.91 Å². The van der Waals surface area contributed by atoms with Crippen molar-refractivity contribution in [2.75, 3.05) is 24.5 Å². The second-order valence-electron chi connectivity index (χ2n) is 5.44. The maximum atomic E-state index is 12.9. The van der Waals surface area contributed by atoms with Gasteiger partial charge < -0.3 is 9.80 Å². The van der Waals surface area contributed by atoms with Crippen molar-refractivity contribution in [2.45, 2.75) is 25.8 Å². The largest absolute Gasteiger partial charge is 0.353 e. The monoisotopic (exact) mass is 263 g/mol. The van der Waals surface area contributed by atoms with Crippen LogP contribution in [0.5, 0.6) is 0 Å². The molecule has 102 valence electrons. The lowest BCUT2D eigenvalue weighted by molar-refractivity contribution is -0.134. The normalized spacial score (nSPS) is 23.6. The molecule has 1 saturated heterocycles. The van der Waals surface area contributed by atoms with Gasteiger partial charge in [-0.1, -0.05) is 0 Å². The molecule has 0 spiro atoms. The van der Waals surface area contributed by atoms with Crippen LogP contribution in [0.25, 0.3) is 0 Å². The van der Waals surface area contributed by atoms with E-state index in [1.165, 1.54) is 12.3 Å². The van der Waals surface area contributed by atoms with Crippen LogP contribution < -0.4 is 4.90 Å². The highest BCUT2D eigenvalue weighted by Crippen LogP contribution is 2.32. The Morgan fingerprint density at radius 3 is 2.74 bits per heavy atom. The quantitative estimate of drug-likeness (QED) is 0.814. The fourth-order valence-corrected chi connectivity index (χ4v) is 2.61. The molecule has 1 aromatic heterocycles. The number of rotatable bonds is 2. The van der Waals surface area contributed by atoms with Crippen molar-refractivity contribution in [3.05, 3.63) is 24.1 Å². The van der Waals surface area contributed by atoms with Crippen LogP contribution in [-0.4, -0.2) is 41.5 Å². The number of pyridine rings is 1. The van der Waals surface area contributed by atoms with E-state index in [1.54, 1.807) is 6.07 Å². The van der Waals surface area contributed by atoms with Crippen molar-refractivity contribution in [3.8, 4) is 0 Å². The molecule has 0 radical (unpaired) electrons. The summed E-state index contributed by atoms with van der Waals surface area (Å²) in [5.41, 5.74) is 0. The van der Waals surface area contributed by atoms with Crippen LogP contribution in [0.1, 0.15) is 19.8 Å². The molecule has 2 fully saturated rings. The van der Waals surface area contributed by atoms with Gasteiger partial charge in [0.1, 0.15) is 11.6 Å². The number of anilines is 1. The zero-order valence-electron chi connectivity index (χ0n) is 11.1. The Bertz CT molecular complexity index is 472. The summed E-state index contributed by atoms with van der Waals surface area (Å²) in [5, 5.41) is 0. The smallest absolute Gasteiger partial charge is 0.226 e. The van der Waals surface area contributed by atoms with Gasteiger partial charge in [0.15, 0.2) is 0 Å². The lowest BCUT2D eigenvalue weighted by atomic mass is 10.1. The van der Waals surface area contributed by atoms with Crippen LogP contribution in [-0.2, 0) is 4.79 Å². The predicted molar refractivity (Wildman–Crippen MR) is 70.3 cm³/mol. The van der Waals surface area contributed by atoms with Crippen LogP contribution in [0, 0.1) is 11.7 Å². The fraction of sp³-hybridized carbons (Fsp3) is 0.571.